The van der Waals surface area contributed by atoms with E-state index in [-0.39, 0.29) is 16.7 Å². The van der Waals surface area contributed by atoms with E-state index in [1.165, 1.54) is 25.0 Å². The van der Waals surface area contributed by atoms with Crippen LogP contribution in [0.1, 0.15) is 51.0 Å². The summed E-state index contributed by atoms with van der Waals surface area (Å²) in [5.41, 5.74) is 1.31. The zero-order valence-corrected chi connectivity index (χ0v) is 14.4. The molecule has 0 saturated carbocycles. The molecule has 0 spiro atoms. The fraction of sp³-hybridized carbons (Fsp3) is 0.500. The van der Waals surface area contributed by atoms with Crippen LogP contribution in [0.25, 0.3) is 0 Å². The lowest BCUT2D eigenvalue weighted by atomic mass is 10.1. The van der Waals surface area contributed by atoms with Gasteiger partial charge in [-0.15, -0.1) is 0 Å². The SMILES string of the molecule is CCCCCCCC(=O)NC(=S)Nc1cc([N+](=O)[O-])ccc1C. The van der Waals surface area contributed by atoms with Gasteiger partial charge in [0.05, 0.1) is 4.92 Å². The quantitative estimate of drug-likeness (QED) is 0.323. The predicted octanol–water partition coefficient (Wildman–Crippen LogP) is 4.08. The van der Waals surface area contributed by atoms with Crippen LogP contribution in [-0.2, 0) is 4.79 Å². The summed E-state index contributed by atoms with van der Waals surface area (Å²) < 4.78 is 0. The lowest BCUT2D eigenvalue weighted by Crippen LogP contribution is -2.34. The van der Waals surface area contributed by atoms with Crippen molar-refractivity contribution in [1.82, 2.24) is 5.32 Å². The van der Waals surface area contributed by atoms with Crippen molar-refractivity contribution < 1.29 is 9.72 Å². The van der Waals surface area contributed by atoms with Crippen molar-refractivity contribution in [1.29, 1.82) is 0 Å². The monoisotopic (exact) mass is 337 g/mol. The number of aryl methyl sites for hydroxylation is 1. The predicted molar refractivity (Wildman–Crippen MR) is 95.6 cm³/mol. The van der Waals surface area contributed by atoms with Gasteiger partial charge in [-0.05, 0) is 31.1 Å². The van der Waals surface area contributed by atoms with E-state index in [0.29, 0.717) is 12.1 Å². The number of anilines is 1. The summed E-state index contributed by atoms with van der Waals surface area (Å²) >= 11 is 5.09. The molecule has 0 saturated heterocycles. The number of unbranched alkanes of at least 4 members (excludes halogenated alkanes) is 4. The third-order valence-electron chi connectivity index (χ3n) is 3.44. The molecule has 23 heavy (non-hydrogen) atoms. The van der Waals surface area contributed by atoms with Gasteiger partial charge in [-0.3, -0.25) is 14.9 Å². The first-order chi connectivity index (χ1) is 10.9. The average Bonchev–Trinajstić information content (AvgIpc) is 2.49. The summed E-state index contributed by atoms with van der Waals surface area (Å²) in [5, 5.41) is 16.4. The van der Waals surface area contributed by atoms with Gasteiger partial charge in [-0.25, -0.2) is 0 Å². The van der Waals surface area contributed by atoms with Crippen molar-refractivity contribution >= 4 is 34.6 Å². The minimum absolute atomic E-state index is 0.0249. The Morgan fingerprint density at radius 2 is 1.96 bits per heavy atom. The number of amides is 1. The zero-order valence-electron chi connectivity index (χ0n) is 13.6. The number of nitro groups is 1. The Bertz CT molecular complexity index is 576. The summed E-state index contributed by atoms with van der Waals surface area (Å²) in [6.07, 6.45) is 5.80. The number of rotatable bonds is 8. The Morgan fingerprint density at radius 1 is 1.26 bits per heavy atom. The van der Waals surface area contributed by atoms with E-state index in [0.717, 1.165) is 24.8 Å². The van der Waals surface area contributed by atoms with Crippen LogP contribution in [-0.4, -0.2) is 15.9 Å². The molecule has 2 N–H and O–H groups in total. The Balaban J connectivity index is 2.45. The van der Waals surface area contributed by atoms with E-state index in [4.69, 9.17) is 12.2 Å². The van der Waals surface area contributed by atoms with Crippen LogP contribution in [0.3, 0.4) is 0 Å². The van der Waals surface area contributed by atoms with Gasteiger partial charge in [0.15, 0.2) is 5.11 Å². The molecule has 0 radical (unpaired) electrons. The number of thiocarbonyl (C=S) groups is 1. The maximum Gasteiger partial charge on any atom is 0.271 e. The molecule has 1 aromatic rings. The number of nitro benzene ring substituents is 1. The number of hydrogen-bond acceptors (Lipinski definition) is 4. The first-order valence-electron chi connectivity index (χ1n) is 7.80. The van der Waals surface area contributed by atoms with E-state index in [1.54, 1.807) is 6.07 Å². The van der Waals surface area contributed by atoms with E-state index >= 15 is 0 Å². The van der Waals surface area contributed by atoms with Crippen molar-refractivity contribution in [2.45, 2.75) is 52.4 Å². The minimum Gasteiger partial charge on any atom is -0.332 e. The van der Waals surface area contributed by atoms with Crippen LogP contribution in [0.5, 0.6) is 0 Å². The molecule has 1 rings (SSSR count). The van der Waals surface area contributed by atoms with Gasteiger partial charge in [0.1, 0.15) is 0 Å². The van der Waals surface area contributed by atoms with E-state index < -0.39 is 4.92 Å². The number of carbonyl (C=O) groups excluding carboxylic acids is 1. The Kier molecular flexibility index (Phi) is 8.18. The summed E-state index contributed by atoms with van der Waals surface area (Å²) in [4.78, 5) is 22.1. The number of nitrogens with zero attached hydrogens (tertiary/aromatic N) is 1. The summed E-state index contributed by atoms with van der Waals surface area (Å²) in [6, 6.07) is 4.47. The van der Waals surface area contributed by atoms with Crippen molar-refractivity contribution in [3.8, 4) is 0 Å². The van der Waals surface area contributed by atoms with E-state index in [9.17, 15) is 14.9 Å². The highest BCUT2D eigenvalue weighted by Crippen LogP contribution is 2.21. The van der Waals surface area contributed by atoms with Crippen molar-refractivity contribution in [2.75, 3.05) is 5.32 Å². The highest BCUT2D eigenvalue weighted by molar-refractivity contribution is 7.80. The van der Waals surface area contributed by atoms with Gasteiger partial charge in [0, 0.05) is 24.2 Å². The van der Waals surface area contributed by atoms with Gasteiger partial charge in [0.25, 0.3) is 5.69 Å². The summed E-state index contributed by atoms with van der Waals surface area (Å²) in [5.74, 6) is -0.137. The normalized spacial score (nSPS) is 10.2. The van der Waals surface area contributed by atoms with Crippen LogP contribution in [0.4, 0.5) is 11.4 Å². The minimum atomic E-state index is -0.470. The van der Waals surface area contributed by atoms with Crippen molar-refractivity contribution in [2.24, 2.45) is 0 Å². The number of benzene rings is 1. The van der Waals surface area contributed by atoms with Gasteiger partial charge >= 0.3 is 0 Å². The molecule has 126 valence electrons. The highest BCUT2D eigenvalue weighted by Gasteiger charge is 2.11. The second-order valence-electron chi connectivity index (χ2n) is 5.42. The van der Waals surface area contributed by atoms with Crippen LogP contribution in [0, 0.1) is 17.0 Å². The van der Waals surface area contributed by atoms with Gasteiger partial charge in [-0.2, -0.15) is 0 Å². The lowest BCUT2D eigenvalue weighted by Gasteiger charge is -2.11. The molecule has 0 aliphatic carbocycles. The molecule has 0 bridgehead atoms. The topological polar surface area (TPSA) is 84.3 Å². The molecule has 6 nitrogen and oxygen atoms in total. The van der Waals surface area contributed by atoms with Gasteiger partial charge in [0.2, 0.25) is 5.91 Å². The maximum absolute atomic E-state index is 11.8. The molecule has 7 heteroatoms. The van der Waals surface area contributed by atoms with Gasteiger partial charge < -0.3 is 10.6 Å². The molecular weight excluding hydrogens is 314 g/mol. The fourth-order valence-electron chi connectivity index (χ4n) is 2.09. The molecule has 0 aliphatic rings. The summed E-state index contributed by atoms with van der Waals surface area (Å²) in [7, 11) is 0. The number of nitrogens with one attached hydrogen (secondary N) is 2. The number of hydrogen-bond donors (Lipinski definition) is 2. The van der Waals surface area contributed by atoms with Gasteiger partial charge in [-0.1, -0.05) is 38.7 Å². The summed E-state index contributed by atoms with van der Waals surface area (Å²) in [6.45, 7) is 3.96. The Labute approximate surface area is 141 Å². The molecule has 1 amide bonds. The molecular formula is C16H23N3O3S. The molecule has 1 aromatic carbocycles. The smallest absolute Gasteiger partial charge is 0.271 e. The number of non-ortho nitro benzene ring substituents is 1. The Morgan fingerprint density at radius 3 is 2.61 bits per heavy atom. The second-order valence-corrected chi connectivity index (χ2v) is 5.83. The average molecular weight is 337 g/mol. The Hall–Kier alpha value is -2.02. The third-order valence-corrected chi connectivity index (χ3v) is 3.64. The van der Waals surface area contributed by atoms with Crippen molar-refractivity contribution in [3.05, 3.63) is 33.9 Å². The zero-order chi connectivity index (χ0) is 17.2. The molecule has 0 aliphatic heterocycles. The first-order valence-corrected chi connectivity index (χ1v) is 8.20. The van der Waals surface area contributed by atoms with Crippen LogP contribution < -0.4 is 10.6 Å². The molecule has 0 unspecified atom stereocenters. The fourth-order valence-corrected chi connectivity index (χ4v) is 2.31. The molecule has 0 aromatic heterocycles. The van der Waals surface area contributed by atoms with Crippen LogP contribution in [0.2, 0.25) is 0 Å². The van der Waals surface area contributed by atoms with Crippen molar-refractivity contribution in [3.63, 3.8) is 0 Å². The van der Waals surface area contributed by atoms with Crippen LogP contribution >= 0.6 is 12.2 Å². The standard InChI is InChI=1S/C16H23N3O3S/c1-3-4-5-6-7-8-15(20)18-16(23)17-14-11-13(19(21)22)10-9-12(14)2/h9-11H,3-8H2,1-2H3,(H2,17,18,20,23). The molecule has 0 heterocycles. The van der Waals surface area contributed by atoms with E-state index in [1.807, 2.05) is 6.92 Å². The highest BCUT2D eigenvalue weighted by atomic mass is 32.1. The first kappa shape index (κ1) is 19.0. The second kappa shape index (κ2) is 9.89. The largest absolute Gasteiger partial charge is 0.332 e. The maximum atomic E-state index is 11.8. The molecule has 0 atom stereocenters. The lowest BCUT2D eigenvalue weighted by molar-refractivity contribution is -0.384. The van der Waals surface area contributed by atoms with Crippen LogP contribution in [0.15, 0.2) is 18.2 Å². The molecule has 0 fully saturated rings. The van der Waals surface area contributed by atoms with E-state index in [2.05, 4.69) is 17.6 Å². The third kappa shape index (κ3) is 7.19. The number of carbonyl (C=O) groups is 1.